The molecule has 0 spiro atoms. The maximum absolute atomic E-state index is 11.0. The Morgan fingerprint density at radius 2 is 2.10 bits per heavy atom. The van der Waals surface area contributed by atoms with Crippen molar-refractivity contribution in [2.75, 3.05) is 0 Å². The normalized spacial score (nSPS) is 10.7. The van der Waals surface area contributed by atoms with Gasteiger partial charge in [0.15, 0.2) is 17.8 Å². The van der Waals surface area contributed by atoms with Crippen molar-refractivity contribution < 1.29 is 14.6 Å². The zero-order valence-electron chi connectivity index (χ0n) is 11.5. The summed E-state index contributed by atoms with van der Waals surface area (Å²) in [5.41, 5.74) is 2.28. The summed E-state index contributed by atoms with van der Waals surface area (Å²) in [6.07, 6.45) is 2.44. The van der Waals surface area contributed by atoms with E-state index in [0.29, 0.717) is 11.8 Å². The predicted octanol–water partition coefficient (Wildman–Crippen LogP) is 2.67. The van der Waals surface area contributed by atoms with Gasteiger partial charge in [-0.25, -0.2) is 0 Å². The van der Waals surface area contributed by atoms with Crippen molar-refractivity contribution in [2.24, 2.45) is 7.05 Å². The molecular weight excluding hydrogens is 268 g/mol. The van der Waals surface area contributed by atoms with Gasteiger partial charge in [0.05, 0.1) is 17.3 Å². The van der Waals surface area contributed by atoms with Crippen LogP contribution in [0.15, 0.2) is 42.6 Å². The van der Waals surface area contributed by atoms with Crippen molar-refractivity contribution >= 4 is 17.2 Å². The lowest BCUT2D eigenvalue weighted by Crippen LogP contribution is -1.99. The molecule has 21 heavy (non-hydrogen) atoms. The molecule has 5 nitrogen and oxygen atoms in total. The van der Waals surface area contributed by atoms with Crippen LogP contribution in [0.1, 0.15) is 15.9 Å². The van der Waals surface area contributed by atoms with Crippen LogP contribution in [0.3, 0.4) is 0 Å². The van der Waals surface area contributed by atoms with Gasteiger partial charge >= 0.3 is 0 Å². The molecular formula is C16H14N2O3. The number of ether oxygens (including phenoxy) is 1. The summed E-state index contributed by atoms with van der Waals surface area (Å²) in [6.45, 7) is 0.251. The smallest absolute Gasteiger partial charge is 0.171 e. The summed E-state index contributed by atoms with van der Waals surface area (Å²) < 4.78 is 7.43. The summed E-state index contributed by atoms with van der Waals surface area (Å²) in [6, 6.07) is 10.5. The van der Waals surface area contributed by atoms with Gasteiger partial charge in [-0.1, -0.05) is 18.2 Å². The Balaban J connectivity index is 1.92. The quantitative estimate of drug-likeness (QED) is 0.747. The first-order chi connectivity index (χ1) is 10.2. The van der Waals surface area contributed by atoms with Crippen LogP contribution in [0.4, 0.5) is 0 Å². The van der Waals surface area contributed by atoms with Crippen molar-refractivity contribution in [3.05, 3.63) is 53.7 Å². The van der Waals surface area contributed by atoms with Crippen LogP contribution < -0.4 is 4.74 Å². The van der Waals surface area contributed by atoms with Crippen LogP contribution in [0, 0.1) is 0 Å². The second-order valence-electron chi connectivity index (χ2n) is 4.72. The number of aldehydes is 1. The van der Waals surface area contributed by atoms with Crippen LogP contribution in [0.5, 0.6) is 11.5 Å². The van der Waals surface area contributed by atoms with E-state index in [1.165, 1.54) is 6.07 Å². The van der Waals surface area contributed by atoms with Gasteiger partial charge in [0.2, 0.25) is 0 Å². The first-order valence-electron chi connectivity index (χ1n) is 6.50. The number of aryl methyl sites for hydroxylation is 1. The second-order valence-corrected chi connectivity index (χ2v) is 4.72. The molecule has 0 aliphatic heterocycles. The molecule has 3 rings (SSSR count). The van der Waals surface area contributed by atoms with E-state index in [9.17, 15) is 9.90 Å². The molecule has 0 aliphatic carbocycles. The minimum absolute atomic E-state index is 0.0436. The molecule has 1 N–H and O–H groups in total. The van der Waals surface area contributed by atoms with E-state index in [1.54, 1.807) is 23.0 Å². The van der Waals surface area contributed by atoms with Gasteiger partial charge in [0.25, 0.3) is 0 Å². The summed E-state index contributed by atoms with van der Waals surface area (Å²) in [5.74, 6) is 0.159. The number of phenols is 1. The number of phenolic OH excluding ortho intramolecular Hbond substituents is 1. The number of carbonyl (C=O) groups excluding carboxylic acids is 1. The average molecular weight is 282 g/mol. The Bertz CT molecular complexity index is 808. The minimum Gasteiger partial charge on any atom is -0.504 e. The number of fused-ring (bicyclic) bond motifs is 1. The fraction of sp³-hybridized carbons (Fsp3) is 0.125. The highest BCUT2D eigenvalue weighted by Crippen LogP contribution is 2.30. The largest absolute Gasteiger partial charge is 0.504 e. The topological polar surface area (TPSA) is 64.3 Å². The molecule has 0 amide bonds. The number of benzene rings is 2. The molecule has 0 saturated heterocycles. The predicted molar refractivity (Wildman–Crippen MR) is 78.5 cm³/mol. The SMILES string of the molecule is Cn1ncc2c(COc3c(O)cccc3C=O)cccc21. The van der Waals surface area contributed by atoms with E-state index in [-0.39, 0.29) is 18.1 Å². The number of rotatable bonds is 4. The zero-order chi connectivity index (χ0) is 14.8. The van der Waals surface area contributed by atoms with E-state index in [4.69, 9.17) is 4.74 Å². The molecule has 1 aromatic heterocycles. The van der Waals surface area contributed by atoms with Gasteiger partial charge in [-0.2, -0.15) is 5.10 Å². The van der Waals surface area contributed by atoms with Crippen molar-refractivity contribution in [1.29, 1.82) is 0 Å². The van der Waals surface area contributed by atoms with Crippen LogP contribution in [0.2, 0.25) is 0 Å². The molecule has 0 saturated carbocycles. The standard InChI is InChI=1S/C16H14N2O3/c1-18-14-6-2-5-12(13(14)8-17-18)10-21-16-11(9-19)4-3-7-15(16)20/h2-9,20H,10H2,1H3. The number of carbonyl (C=O) groups is 1. The average Bonchev–Trinajstić information content (AvgIpc) is 2.88. The van der Waals surface area contributed by atoms with E-state index in [1.807, 2.05) is 25.2 Å². The highest BCUT2D eigenvalue weighted by Gasteiger charge is 2.10. The molecule has 3 aromatic rings. The Kier molecular flexibility index (Phi) is 3.31. The Labute approximate surface area is 121 Å². The number of hydrogen-bond donors (Lipinski definition) is 1. The molecule has 2 aromatic carbocycles. The Morgan fingerprint density at radius 3 is 2.90 bits per heavy atom. The molecule has 0 fully saturated rings. The number of para-hydroxylation sites is 1. The van der Waals surface area contributed by atoms with Crippen molar-refractivity contribution in [3.8, 4) is 11.5 Å². The van der Waals surface area contributed by atoms with E-state index in [0.717, 1.165) is 16.5 Å². The molecule has 0 bridgehead atoms. The molecule has 0 aliphatic rings. The number of nitrogens with zero attached hydrogens (tertiary/aromatic N) is 2. The summed E-state index contributed by atoms with van der Waals surface area (Å²) in [4.78, 5) is 11.0. The monoisotopic (exact) mass is 282 g/mol. The van der Waals surface area contributed by atoms with Gasteiger partial charge in [0.1, 0.15) is 6.61 Å². The third kappa shape index (κ3) is 2.33. The first-order valence-corrected chi connectivity index (χ1v) is 6.50. The summed E-state index contributed by atoms with van der Waals surface area (Å²) in [5, 5.41) is 15.0. The molecule has 0 radical (unpaired) electrons. The Hall–Kier alpha value is -2.82. The van der Waals surface area contributed by atoms with Crippen molar-refractivity contribution in [2.45, 2.75) is 6.61 Å². The zero-order valence-corrected chi connectivity index (χ0v) is 11.5. The lowest BCUT2D eigenvalue weighted by Gasteiger charge is -2.10. The molecule has 5 heteroatoms. The maximum atomic E-state index is 11.0. The van der Waals surface area contributed by atoms with Gasteiger partial charge < -0.3 is 9.84 Å². The molecule has 106 valence electrons. The van der Waals surface area contributed by atoms with E-state index in [2.05, 4.69) is 5.10 Å². The Morgan fingerprint density at radius 1 is 1.29 bits per heavy atom. The fourth-order valence-electron chi connectivity index (χ4n) is 2.31. The third-order valence-corrected chi connectivity index (χ3v) is 3.41. The van der Waals surface area contributed by atoms with E-state index >= 15 is 0 Å². The summed E-state index contributed by atoms with van der Waals surface area (Å²) in [7, 11) is 1.88. The lowest BCUT2D eigenvalue weighted by molar-refractivity contribution is 0.111. The van der Waals surface area contributed by atoms with Crippen LogP contribution in [-0.2, 0) is 13.7 Å². The van der Waals surface area contributed by atoms with Gasteiger partial charge in [-0.05, 0) is 18.2 Å². The first kappa shape index (κ1) is 13.2. The minimum atomic E-state index is -0.0436. The van der Waals surface area contributed by atoms with Crippen LogP contribution in [-0.4, -0.2) is 21.2 Å². The number of aromatic nitrogens is 2. The molecule has 0 unspecified atom stereocenters. The summed E-state index contributed by atoms with van der Waals surface area (Å²) >= 11 is 0. The fourth-order valence-corrected chi connectivity index (χ4v) is 2.31. The third-order valence-electron chi connectivity index (χ3n) is 3.41. The highest BCUT2D eigenvalue weighted by molar-refractivity contribution is 5.83. The van der Waals surface area contributed by atoms with Crippen molar-refractivity contribution in [3.63, 3.8) is 0 Å². The number of aromatic hydroxyl groups is 1. The molecule has 1 heterocycles. The van der Waals surface area contributed by atoms with E-state index < -0.39 is 0 Å². The van der Waals surface area contributed by atoms with Gasteiger partial charge in [-0.3, -0.25) is 9.48 Å². The maximum Gasteiger partial charge on any atom is 0.171 e. The molecule has 0 atom stereocenters. The van der Waals surface area contributed by atoms with Crippen molar-refractivity contribution in [1.82, 2.24) is 9.78 Å². The van der Waals surface area contributed by atoms with Crippen LogP contribution in [0.25, 0.3) is 10.9 Å². The lowest BCUT2D eigenvalue weighted by atomic mass is 10.1. The van der Waals surface area contributed by atoms with Gasteiger partial charge in [0, 0.05) is 18.0 Å². The highest BCUT2D eigenvalue weighted by atomic mass is 16.5. The van der Waals surface area contributed by atoms with Gasteiger partial charge in [-0.15, -0.1) is 0 Å². The van der Waals surface area contributed by atoms with Crippen LogP contribution >= 0.6 is 0 Å². The second kappa shape index (κ2) is 5.28. The number of hydrogen-bond acceptors (Lipinski definition) is 4.